The van der Waals surface area contributed by atoms with Gasteiger partial charge in [-0.15, -0.1) is 0 Å². The molecule has 1 fully saturated rings. The molecule has 1 saturated heterocycles. The van der Waals surface area contributed by atoms with E-state index in [1.807, 2.05) is 30.5 Å². The highest BCUT2D eigenvalue weighted by atomic mass is 16.2. The van der Waals surface area contributed by atoms with Crippen LogP contribution in [-0.2, 0) is 11.3 Å². The second-order valence-electron chi connectivity index (χ2n) is 6.88. The van der Waals surface area contributed by atoms with Crippen LogP contribution in [0.1, 0.15) is 49.1 Å². The molecule has 2 heterocycles. The van der Waals surface area contributed by atoms with Gasteiger partial charge in [0.2, 0.25) is 5.91 Å². The van der Waals surface area contributed by atoms with E-state index in [0.29, 0.717) is 6.54 Å². The van der Waals surface area contributed by atoms with Crippen LogP contribution >= 0.6 is 0 Å². The Balaban J connectivity index is 1.75. The first-order valence-electron chi connectivity index (χ1n) is 8.96. The van der Waals surface area contributed by atoms with Gasteiger partial charge in [-0.2, -0.15) is 5.10 Å². The van der Waals surface area contributed by atoms with Crippen LogP contribution in [0, 0.1) is 20.8 Å². The fourth-order valence-corrected chi connectivity index (χ4v) is 3.21. The van der Waals surface area contributed by atoms with Crippen molar-refractivity contribution in [2.24, 2.45) is 0 Å². The van der Waals surface area contributed by atoms with Crippen molar-refractivity contribution in [3.63, 3.8) is 0 Å². The van der Waals surface area contributed by atoms with Crippen LogP contribution in [0.25, 0.3) is 0 Å². The molecule has 1 aromatic rings. The second kappa shape index (κ2) is 8.48. The summed E-state index contributed by atoms with van der Waals surface area (Å²) in [7, 11) is 1.91. The molecule has 1 aliphatic rings. The maximum atomic E-state index is 12.4. The molecule has 0 bridgehead atoms. The Morgan fingerprint density at radius 1 is 1.13 bits per heavy atom. The fraction of sp³-hybridized carbons (Fsp3) is 0.778. The first-order chi connectivity index (χ1) is 11.0. The van der Waals surface area contributed by atoms with Gasteiger partial charge in [-0.05, 0) is 65.2 Å². The number of carbonyl (C=O) groups is 1. The van der Waals surface area contributed by atoms with Crippen molar-refractivity contribution >= 4 is 5.91 Å². The highest BCUT2D eigenvalue weighted by Gasteiger charge is 2.15. The molecule has 0 spiro atoms. The van der Waals surface area contributed by atoms with Crippen molar-refractivity contribution in [2.75, 3.05) is 33.2 Å². The van der Waals surface area contributed by atoms with Gasteiger partial charge in [0.15, 0.2) is 0 Å². The standard InChI is InChI=1S/C18H32N4O/c1-15-16(2)19-22(17(15)3)14-18(23)20(4)10-9-13-21-11-7-5-6-8-12-21/h5-14H2,1-4H3. The summed E-state index contributed by atoms with van der Waals surface area (Å²) in [5, 5.41) is 4.46. The molecule has 0 unspecified atom stereocenters. The highest BCUT2D eigenvalue weighted by Crippen LogP contribution is 2.12. The van der Waals surface area contributed by atoms with Gasteiger partial charge >= 0.3 is 0 Å². The van der Waals surface area contributed by atoms with E-state index < -0.39 is 0 Å². The maximum absolute atomic E-state index is 12.4. The normalized spacial score (nSPS) is 16.3. The van der Waals surface area contributed by atoms with E-state index in [-0.39, 0.29) is 5.91 Å². The van der Waals surface area contributed by atoms with Crippen LogP contribution in [0.3, 0.4) is 0 Å². The van der Waals surface area contributed by atoms with Crippen molar-refractivity contribution < 1.29 is 4.79 Å². The van der Waals surface area contributed by atoms with Gasteiger partial charge in [-0.1, -0.05) is 12.8 Å². The lowest BCUT2D eigenvalue weighted by atomic mass is 10.2. The van der Waals surface area contributed by atoms with Crippen LogP contribution < -0.4 is 0 Å². The molecule has 0 saturated carbocycles. The molecular formula is C18H32N4O. The zero-order chi connectivity index (χ0) is 16.8. The first-order valence-corrected chi connectivity index (χ1v) is 8.96. The number of carbonyl (C=O) groups excluding carboxylic acids is 1. The molecule has 2 rings (SSSR count). The SMILES string of the molecule is Cc1nn(CC(=O)N(C)CCCN2CCCCCC2)c(C)c1C. The molecule has 5 nitrogen and oxygen atoms in total. The second-order valence-corrected chi connectivity index (χ2v) is 6.88. The molecule has 23 heavy (non-hydrogen) atoms. The number of nitrogens with zero attached hydrogens (tertiary/aromatic N) is 4. The summed E-state index contributed by atoms with van der Waals surface area (Å²) in [4.78, 5) is 16.8. The third-order valence-electron chi connectivity index (χ3n) is 5.12. The summed E-state index contributed by atoms with van der Waals surface area (Å²) in [5.74, 6) is 0.145. The van der Waals surface area contributed by atoms with Gasteiger partial charge in [-0.25, -0.2) is 0 Å². The van der Waals surface area contributed by atoms with Crippen LogP contribution in [-0.4, -0.2) is 58.7 Å². The van der Waals surface area contributed by atoms with Crippen molar-refractivity contribution in [3.05, 3.63) is 17.0 Å². The molecule has 1 aliphatic heterocycles. The third kappa shape index (κ3) is 5.06. The lowest BCUT2D eigenvalue weighted by Crippen LogP contribution is -2.34. The molecular weight excluding hydrogens is 288 g/mol. The van der Waals surface area contributed by atoms with Gasteiger partial charge in [-0.3, -0.25) is 9.48 Å². The molecule has 0 aliphatic carbocycles. The number of aryl methyl sites for hydroxylation is 1. The van der Waals surface area contributed by atoms with Gasteiger partial charge < -0.3 is 9.80 Å². The average Bonchev–Trinajstić information content (AvgIpc) is 2.75. The maximum Gasteiger partial charge on any atom is 0.244 e. The lowest BCUT2D eigenvalue weighted by molar-refractivity contribution is -0.130. The predicted octanol–water partition coefficient (Wildman–Crippen LogP) is 2.53. The molecule has 0 atom stereocenters. The van der Waals surface area contributed by atoms with Gasteiger partial charge in [0, 0.05) is 19.3 Å². The monoisotopic (exact) mass is 320 g/mol. The summed E-state index contributed by atoms with van der Waals surface area (Å²) in [6, 6.07) is 0. The number of aromatic nitrogens is 2. The van der Waals surface area contributed by atoms with E-state index in [4.69, 9.17) is 0 Å². The molecule has 1 amide bonds. The van der Waals surface area contributed by atoms with E-state index in [9.17, 15) is 4.79 Å². The predicted molar refractivity (Wildman–Crippen MR) is 93.6 cm³/mol. The van der Waals surface area contributed by atoms with E-state index in [2.05, 4.69) is 16.9 Å². The molecule has 130 valence electrons. The summed E-state index contributed by atoms with van der Waals surface area (Å²) >= 11 is 0. The van der Waals surface area contributed by atoms with Crippen molar-refractivity contribution in [2.45, 2.75) is 59.4 Å². The molecule has 1 aromatic heterocycles. The Morgan fingerprint density at radius 3 is 2.35 bits per heavy atom. The lowest BCUT2D eigenvalue weighted by Gasteiger charge is -2.22. The zero-order valence-electron chi connectivity index (χ0n) is 15.3. The van der Waals surface area contributed by atoms with Crippen LogP contribution in [0.2, 0.25) is 0 Å². The van der Waals surface area contributed by atoms with Crippen molar-refractivity contribution in [1.29, 1.82) is 0 Å². The molecule has 5 heteroatoms. The number of hydrogen-bond acceptors (Lipinski definition) is 3. The first kappa shape index (κ1) is 18.0. The Labute approximate surface area is 140 Å². The van der Waals surface area contributed by atoms with Gasteiger partial charge in [0.25, 0.3) is 0 Å². The minimum absolute atomic E-state index is 0.145. The van der Waals surface area contributed by atoms with Crippen molar-refractivity contribution in [3.8, 4) is 0 Å². The number of rotatable bonds is 6. The molecule has 0 aromatic carbocycles. The van der Waals surface area contributed by atoms with E-state index in [1.54, 1.807) is 0 Å². The quantitative estimate of drug-likeness (QED) is 0.809. The molecule has 0 radical (unpaired) electrons. The minimum Gasteiger partial charge on any atom is -0.344 e. The summed E-state index contributed by atoms with van der Waals surface area (Å²) in [6.45, 7) is 10.8. The topological polar surface area (TPSA) is 41.4 Å². The fourth-order valence-electron chi connectivity index (χ4n) is 3.21. The summed E-state index contributed by atoms with van der Waals surface area (Å²) in [6.07, 6.45) is 6.45. The zero-order valence-corrected chi connectivity index (χ0v) is 15.3. The van der Waals surface area contributed by atoms with Crippen molar-refractivity contribution in [1.82, 2.24) is 19.6 Å². The van der Waals surface area contributed by atoms with Gasteiger partial charge in [0.05, 0.1) is 5.69 Å². The Bertz CT molecular complexity index is 515. The smallest absolute Gasteiger partial charge is 0.244 e. The van der Waals surface area contributed by atoms with Gasteiger partial charge in [0.1, 0.15) is 6.54 Å². The number of likely N-dealkylation sites (tertiary alicyclic amines) is 1. The number of amides is 1. The number of hydrogen-bond donors (Lipinski definition) is 0. The Morgan fingerprint density at radius 2 is 1.78 bits per heavy atom. The van der Waals surface area contributed by atoms with E-state index in [0.717, 1.165) is 30.9 Å². The Hall–Kier alpha value is -1.36. The van der Waals surface area contributed by atoms with Crippen LogP contribution in [0.15, 0.2) is 0 Å². The third-order valence-corrected chi connectivity index (χ3v) is 5.12. The minimum atomic E-state index is 0.145. The largest absolute Gasteiger partial charge is 0.344 e. The average molecular weight is 320 g/mol. The van der Waals surface area contributed by atoms with Crippen LogP contribution in [0.4, 0.5) is 0 Å². The molecule has 0 N–H and O–H groups in total. The summed E-state index contributed by atoms with van der Waals surface area (Å²) in [5.41, 5.74) is 3.29. The van der Waals surface area contributed by atoms with E-state index in [1.165, 1.54) is 44.3 Å². The number of likely N-dealkylation sites (N-methyl/N-ethyl adjacent to an activating group) is 1. The Kier molecular flexibility index (Phi) is 6.63. The highest BCUT2D eigenvalue weighted by molar-refractivity contribution is 5.75. The van der Waals surface area contributed by atoms with E-state index >= 15 is 0 Å². The summed E-state index contributed by atoms with van der Waals surface area (Å²) < 4.78 is 1.83. The van der Waals surface area contributed by atoms with Crippen LogP contribution in [0.5, 0.6) is 0 Å².